The summed E-state index contributed by atoms with van der Waals surface area (Å²) in [4.78, 5) is 34.3. The second-order valence-corrected chi connectivity index (χ2v) is 5.22. The van der Waals surface area contributed by atoms with E-state index in [0.29, 0.717) is 6.42 Å². The summed E-state index contributed by atoms with van der Waals surface area (Å²) in [7, 11) is 0. The second kappa shape index (κ2) is 8.09. The first kappa shape index (κ1) is 18.4. The molecule has 0 aliphatic carbocycles. The maximum absolute atomic E-state index is 11.8. The van der Waals surface area contributed by atoms with Crippen LogP contribution in [0, 0.1) is 0 Å². The van der Waals surface area contributed by atoms with Crippen LogP contribution in [0.25, 0.3) is 0 Å². The summed E-state index contributed by atoms with van der Waals surface area (Å²) in [5, 5.41) is 12.6. The van der Waals surface area contributed by atoms with Crippen LogP contribution in [0.2, 0.25) is 0 Å². The molecule has 0 radical (unpaired) electrons. The summed E-state index contributed by atoms with van der Waals surface area (Å²) < 4.78 is 15.6. The number of aliphatic hydroxyl groups is 1. The zero-order chi connectivity index (χ0) is 16.9. The Morgan fingerprint density at radius 2 is 1.68 bits per heavy atom. The third kappa shape index (κ3) is 4.96. The molecule has 0 aromatic heterocycles. The van der Waals surface area contributed by atoms with E-state index in [4.69, 9.17) is 14.2 Å². The van der Waals surface area contributed by atoms with Crippen molar-refractivity contribution in [3.63, 3.8) is 0 Å². The predicted octanol–water partition coefficient (Wildman–Crippen LogP) is -0.128. The Morgan fingerprint density at radius 3 is 2.18 bits per heavy atom. The average molecular weight is 317 g/mol. The molecule has 1 aliphatic heterocycles. The molecule has 0 bridgehead atoms. The first-order chi connectivity index (χ1) is 10.3. The van der Waals surface area contributed by atoms with Gasteiger partial charge in [0.15, 0.2) is 18.5 Å². The minimum absolute atomic E-state index is 0.254. The van der Waals surface area contributed by atoms with Crippen molar-refractivity contribution < 1.29 is 33.7 Å². The molecule has 1 aliphatic rings. The SMILES string of the molecule is CCCC(=O)NC1C(OC(C)=O)[C@H](OC(C)=O)C(C)O[C@H]1O. The van der Waals surface area contributed by atoms with Gasteiger partial charge < -0.3 is 24.6 Å². The molecule has 0 spiro atoms. The highest BCUT2D eigenvalue weighted by Gasteiger charge is 2.48. The van der Waals surface area contributed by atoms with E-state index in [1.807, 2.05) is 6.92 Å². The van der Waals surface area contributed by atoms with Gasteiger partial charge in [-0.05, 0) is 13.3 Å². The van der Waals surface area contributed by atoms with Gasteiger partial charge in [-0.1, -0.05) is 6.92 Å². The molecule has 0 saturated carbocycles. The summed E-state index contributed by atoms with van der Waals surface area (Å²) in [5.41, 5.74) is 0. The number of nitrogens with one attached hydrogen (secondary N) is 1. The van der Waals surface area contributed by atoms with Gasteiger partial charge in [-0.3, -0.25) is 14.4 Å². The number of rotatable bonds is 5. The fourth-order valence-corrected chi connectivity index (χ4v) is 2.34. The number of carbonyl (C=O) groups is 3. The molecule has 0 aromatic rings. The van der Waals surface area contributed by atoms with Gasteiger partial charge in [0.05, 0.1) is 6.10 Å². The summed E-state index contributed by atoms with van der Waals surface area (Å²) in [5.74, 6) is -1.51. The molecule has 1 rings (SSSR count). The second-order valence-electron chi connectivity index (χ2n) is 5.22. The smallest absolute Gasteiger partial charge is 0.303 e. The average Bonchev–Trinajstić information content (AvgIpc) is 2.38. The molecule has 126 valence electrons. The third-order valence-electron chi connectivity index (χ3n) is 3.21. The molecule has 8 nitrogen and oxygen atoms in total. The van der Waals surface area contributed by atoms with Crippen LogP contribution in [0.4, 0.5) is 0 Å². The maximum Gasteiger partial charge on any atom is 0.303 e. The Bertz CT molecular complexity index is 425. The summed E-state index contributed by atoms with van der Waals surface area (Å²) in [6.07, 6.45) is -3.13. The summed E-state index contributed by atoms with van der Waals surface area (Å²) >= 11 is 0. The Morgan fingerprint density at radius 1 is 1.14 bits per heavy atom. The zero-order valence-electron chi connectivity index (χ0n) is 13.2. The lowest BCUT2D eigenvalue weighted by atomic mass is 9.96. The van der Waals surface area contributed by atoms with Crippen LogP contribution < -0.4 is 5.32 Å². The van der Waals surface area contributed by atoms with Crippen molar-refractivity contribution >= 4 is 17.8 Å². The van der Waals surface area contributed by atoms with E-state index in [0.717, 1.165) is 0 Å². The summed E-state index contributed by atoms with van der Waals surface area (Å²) in [6.45, 7) is 5.83. The molecular weight excluding hydrogens is 294 g/mol. The first-order valence-electron chi connectivity index (χ1n) is 7.23. The van der Waals surface area contributed by atoms with Gasteiger partial charge in [0.2, 0.25) is 5.91 Å². The molecule has 1 saturated heterocycles. The van der Waals surface area contributed by atoms with Crippen LogP contribution >= 0.6 is 0 Å². The topological polar surface area (TPSA) is 111 Å². The highest BCUT2D eigenvalue weighted by atomic mass is 16.7. The van der Waals surface area contributed by atoms with E-state index in [1.54, 1.807) is 6.92 Å². The van der Waals surface area contributed by atoms with E-state index in [1.165, 1.54) is 13.8 Å². The Labute approximate surface area is 129 Å². The molecule has 2 N–H and O–H groups in total. The fourth-order valence-electron chi connectivity index (χ4n) is 2.34. The Hall–Kier alpha value is -1.67. The normalized spacial score (nSPS) is 31.2. The van der Waals surface area contributed by atoms with Crippen LogP contribution in [0.1, 0.15) is 40.5 Å². The predicted molar refractivity (Wildman–Crippen MR) is 74.5 cm³/mol. The van der Waals surface area contributed by atoms with Gasteiger partial charge in [0, 0.05) is 20.3 Å². The van der Waals surface area contributed by atoms with Crippen molar-refractivity contribution in [2.45, 2.75) is 71.2 Å². The first-order valence-corrected chi connectivity index (χ1v) is 7.23. The molecule has 8 heteroatoms. The minimum atomic E-state index is -1.37. The Balaban J connectivity index is 2.98. The number of hydrogen-bond donors (Lipinski definition) is 2. The summed E-state index contributed by atoms with van der Waals surface area (Å²) in [6, 6.07) is -1.01. The van der Waals surface area contributed by atoms with Crippen molar-refractivity contribution in [2.75, 3.05) is 0 Å². The van der Waals surface area contributed by atoms with Gasteiger partial charge in [0.25, 0.3) is 0 Å². The van der Waals surface area contributed by atoms with E-state index < -0.39 is 42.6 Å². The van der Waals surface area contributed by atoms with Gasteiger partial charge in [-0.25, -0.2) is 0 Å². The standard InChI is InChI=1S/C14H23NO7/c1-5-6-10(18)15-11-13(22-9(4)17)12(21-8(3)16)7(2)20-14(11)19/h7,11-14,19H,5-6H2,1-4H3,(H,15,18)/t7?,11?,12-,13?,14-/m1/s1. The minimum Gasteiger partial charge on any atom is -0.456 e. The third-order valence-corrected chi connectivity index (χ3v) is 3.21. The lowest BCUT2D eigenvalue weighted by molar-refractivity contribution is -0.254. The number of carbonyl (C=O) groups excluding carboxylic acids is 3. The largest absolute Gasteiger partial charge is 0.456 e. The molecule has 5 atom stereocenters. The zero-order valence-corrected chi connectivity index (χ0v) is 13.2. The molecule has 0 aromatic carbocycles. The lowest BCUT2D eigenvalue weighted by Gasteiger charge is -2.42. The number of amides is 1. The number of ether oxygens (including phenoxy) is 3. The molecule has 3 unspecified atom stereocenters. The number of aliphatic hydroxyl groups excluding tert-OH is 1. The van der Waals surface area contributed by atoms with Crippen LogP contribution in [-0.4, -0.2) is 53.6 Å². The van der Waals surface area contributed by atoms with Crippen molar-refractivity contribution in [2.24, 2.45) is 0 Å². The highest BCUT2D eigenvalue weighted by Crippen LogP contribution is 2.25. The van der Waals surface area contributed by atoms with Crippen molar-refractivity contribution in [3.05, 3.63) is 0 Å². The number of esters is 2. The van der Waals surface area contributed by atoms with Crippen molar-refractivity contribution in [3.8, 4) is 0 Å². The Kier molecular flexibility index (Phi) is 6.76. The van der Waals surface area contributed by atoms with Crippen molar-refractivity contribution in [1.29, 1.82) is 0 Å². The van der Waals surface area contributed by atoms with Crippen LogP contribution in [-0.2, 0) is 28.6 Å². The molecule has 1 heterocycles. The van der Waals surface area contributed by atoms with E-state index in [2.05, 4.69) is 5.32 Å². The van der Waals surface area contributed by atoms with Gasteiger partial charge in [0.1, 0.15) is 6.04 Å². The number of hydrogen-bond acceptors (Lipinski definition) is 7. The van der Waals surface area contributed by atoms with Crippen molar-refractivity contribution in [1.82, 2.24) is 5.32 Å². The fraction of sp³-hybridized carbons (Fsp3) is 0.786. The van der Waals surface area contributed by atoms with Crippen LogP contribution in [0.5, 0.6) is 0 Å². The van der Waals surface area contributed by atoms with Gasteiger partial charge in [-0.15, -0.1) is 0 Å². The lowest BCUT2D eigenvalue weighted by Crippen LogP contribution is -2.64. The molecule has 1 fully saturated rings. The van der Waals surface area contributed by atoms with Crippen LogP contribution in [0.3, 0.4) is 0 Å². The van der Waals surface area contributed by atoms with Gasteiger partial charge >= 0.3 is 11.9 Å². The van der Waals surface area contributed by atoms with E-state index >= 15 is 0 Å². The molecule has 1 amide bonds. The molecular formula is C14H23NO7. The quantitative estimate of drug-likeness (QED) is 0.679. The van der Waals surface area contributed by atoms with Crippen LogP contribution in [0.15, 0.2) is 0 Å². The maximum atomic E-state index is 11.8. The van der Waals surface area contributed by atoms with E-state index in [9.17, 15) is 19.5 Å². The van der Waals surface area contributed by atoms with Gasteiger partial charge in [-0.2, -0.15) is 0 Å². The monoisotopic (exact) mass is 317 g/mol. The molecule has 22 heavy (non-hydrogen) atoms. The highest BCUT2D eigenvalue weighted by molar-refractivity contribution is 5.76. The van der Waals surface area contributed by atoms with E-state index in [-0.39, 0.29) is 12.3 Å².